The van der Waals surface area contributed by atoms with Gasteiger partial charge in [-0.2, -0.15) is 0 Å². The van der Waals surface area contributed by atoms with Crippen LogP contribution in [0.1, 0.15) is 12.8 Å². The summed E-state index contributed by atoms with van der Waals surface area (Å²) in [5.41, 5.74) is 2.78. The molecule has 2 aromatic heterocycles. The maximum absolute atomic E-state index is 11.9. The summed E-state index contributed by atoms with van der Waals surface area (Å²) in [6.45, 7) is 0. The van der Waals surface area contributed by atoms with Crippen molar-refractivity contribution in [3.05, 3.63) is 46.1 Å². The van der Waals surface area contributed by atoms with Crippen molar-refractivity contribution in [3.8, 4) is 21.1 Å². The third kappa shape index (κ3) is 3.32. The Morgan fingerprint density at radius 3 is 2.87 bits per heavy atom. The van der Waals surface area contributed by atoms with Crippen LogP contribution in [-0.2, 0) is 4.79 Å². The highest BCUT2D eigenvalue weighted by Gasteiger charge is 2.29. The molecule has 0 unspecified atom stereocenters. The van der Waals surface area contributed by atoms with Crippen molar-refractivity contribution in [3.63, 3.8) is 0 Å². The molecule has 4 rings (SSSR count). The summed E-state index contributed by atoms with van der Waals surface area (Å²) in [6.07, 6.45) is 2.01. The number of halogens is 1. The standard InChI is InChI=1S/C17H13ClN2OS2/c18-15-7-6-14(23-15)13-9-22-17(20-13)11-2-1-3-12(8-11)19-16(21)10-4-5-10/h1-3,6-10H,4-5H2,(H,19,21). The number of anilines is 1. The first-order valence-corrected chi connectivity index (χ1v) is 9.39. The van der Waals surface area contributed by atoms with Crippen molar-refractivity contribution in [2.24, 2.45) is 5.92 Å². The van der Waals surface area contributed by atoms with Crippen LogP contribution in [0.25, 0.3) is 21.1 Å². The molecule has 1 aromatic carbocycles. The van der Waals surface area contributed by atoms with E-state index in [9.17, 15) is 4.79 Å². The largest absolute Gasteiger partial charge is 0.326 e. The third-order valence-electron chi connectivity index (χ3n) is 3.66. The second-order valence-corrected chi connectivity index (χ2v) is 8.06. The van der Waals surface area contributed by atoms with E-state index in [0.29, 0.717) is 0 Å². The van der Waals surface area contributed by atoms with Crippen LogP contribution in [0.5, 0.6) is 0 Å². The number of nitrogens with one attached hydrogen (secondary N) is 1. The number of amides is 1. The van der Waals surface area contributed by atoms with Gasteiger partial charge in [0.1, 0.15) is 5.01 Å². The Hall–Kier alpha value is -1.69. The highest BCUT2D eigenvalue weighted by Crippen LogP contribution is 2.35. The molecular weight excluding hydrogens is 348 g/mol. The minimum absolute atomic E-state index is 0.121. The molecule has 1 amide bonds. The summed E-state index contributed by atoms with van der Waals surface area (Å²) in [7, 11) is 0. The number of nitrogens with zero attached hydrogens (tertiary/aromatic N) is 1. The van der Waals surface area contributed by atoms with Crippen LogP contribution in [0.2, 0.25) is 4.34 Å². The molecule has 116 valence electrons. The SMILES string of the molecule is O=C(Nc1cccc(-c2nc(-c3ccc(Cl)s3)cs2)c1)C1CC1. The van der Waals surface area contributed by atoms with Gasteiger partial charge in [-0.05, 0) is 37.1 Å². The fourth-order valence-electron chi connectivity index (χ4n) is 2.29. The zero-order chi connectivity index (χ0) is 15.8. The van der Waals surface area contributed by atoms with Gasteiger partial charge in [0.05, 0.1) is 14.9 Å². The van der Waals surface area contributed by atoms with Gasteiger partial charge in [-0.25, -0.2) is 4.98 Å². The fourth-order valence-corrected chi connectivity index (χ4v) is 4.19. The maximum atomic E-state index is 11.9. The summed E-state index contributed by atoms with van der Waals surface area (Å²) in [5, 5.41) is 5.95. The number of rotatable bonds is 4. The van der Waals surface area contributed by atoms with Gasteiger partial charge in [0.2, 0.25) is 5.91 Å². The van der Waals surface area contributed by atoms with Crippen molar-refractivity contribution in [1.82, 2.24) is 4.98 Å². The zero-order valence-corrected chi connectivity index (χ0v) is 14.5. The second kappa shape index (κ2) is 6.07. The number of carbonyl (C=O) groups excluding carboxylic acids is 1. The Labute approximate surface area is 147 Å². The average Bonchev–Trinajstić information content (AvgIpc) is 3.13. The lowest BCUT2D eigenvalue weighted by atomic mass is 10.2. The first-order valence-electron chi connectivity index (χ1n) is 7.31. The number of carbonyl (C=O) groups is 1. The molecule has 6 heteroatoms. The van der Waals surface area contributed by atoms with Crippen LogP contribution >= 0.6 is 34.3 Å². The molecule has 1 fully saturated rings. The molecule has 0 atom stereocenters. The van der Waals surface area contributed by atoms with Gasteiger partial charge in [0, 0.05) is 22.5 Å². The van der Waals surface area contributed by atoms with E-state index in [2.05, 4.69) is 10.3 Å². The summed E-state index contributed by atoms with van der Waals surface area (Å²) < 4.78 is 0.763. The fraction of sp³-hybridized carbons (Fsp3) is 0.176. The first-order chi connectivity index (χ1) is 11.2. The van der Waals surface area contributed by atoms with E-state index in [1.165, 1.54) is 11.3 Å². The number of thiazole rings is 1. The van der Waals surface area contributed by atoms with Crippen molar-refractivity contribution in [2.45, 2.75) is 12.8 Å². The van der Waals surface area contributed by atoms with Gasteiger partial charge in [-0.1, -0.05) is 23.7 Å². The lowest BCUT2D eigenvalue weighted by molar-refractivity contribution is -0.117. The Balaban J connectivity index is 1.58. The number of thiophene rings is 1. The number of aromatic nitrogens is 1. The van der Waals surface area contributed by atoms with Gasteiger partial charge >= 0.3 is 0 Å². The van der Waals surface area contributed by atoms with Crippen molar-refractivity contribution < 1.29 is 4.79 Å². The predicted octanol–water partition coefficient (Wildman–Crippen LogP) is 5.54. The average molecular weight is 361 g/mol. The molecular formula is C17H13ClN2OS2. The maximum Gasteiger partial charge on any atom is 0.227 e. The zero-order valence-electron chi connectivity index (χ0n) is 12.1. The predicted molar refractivity (Wildman–Crippen MR) is 97.2 cm³/mol. The van der Waals surface area contributed by atoms with Crippen LogP contribution in [0.3, 0.4) is 0 Å². The molecule has 0 spiro atoms. The van der Waals surface area contributed by atoms with E-state index in [4.69, 9.17) is 11.6 Å². The van der Waals surface area contributed by atoms with Crippen LogP contribution in [-0.4, -0.2) is 10.9 Å². The van der Waals surface area contributed by atoms with Crippen LogP contribution in [0.15, 0.2) is 41.8 Å². The summed E-state index contributed by atoms with van der Waals surface area (Å²) in [6, 6.07) is 11.7. The smallest absolute Gasteiger partial charge is 0.227 e. The van der Waals surface area contributed by atoms with Gasteiger partial charge in [-0.3, -0.25) is 4.79 Å². The number of benzene rings is 1. The number of hydrogen-bond donors (Lipinski definition) is 1. The quantitative estimate of drug-likeness (QED) is 0.663. The van der Waals surface area contributed by atoms with E-state index in [0.717, 1.165) is 44.0 Å². The molecule has 3 aromatic rings. The van der Waals surface area contributed by atoms with E-state index in [1.807, 2.05) is 41.8 Å². The molecule has 0 bridgehead atoms. The number of hydrogen-bond acceptors (Lipinski definition) is 4. The van der Waals surface area contributed by atoms with E-state index in [-0.39, 0.29) is 11.8 Å². The van der Waals surface area contributed by atoms with Crippen LogP contribution < -0.4 is 5.32 Å². The normalized spacial score (nSPS) is 14.0. The van der Waals surface area contributed by atoms with E-state index < -0.39 is 0 Å². The molecule has 0 aliphatic heterocycles. The summed E-state index contributed by atoms with van der Waals surface area (Å²) in [4.78, 5) is 17.6. The van der Waals surface area contributed by atoms with E-state index >= 15 is 0 Å². The molecule has 0 saturated heterocycles. The molecule has 0 radical (unpaired) electrons. The highest BCUT2D eigenvalue weighted by molar-refractivity contribution is 7.20. The molecule has 1 aliphatic carbocycles. The van der Waals surface area contributed by atoms with Crippen molar-refractivity contribution in [2.75, 3.05) is 5.32 Å². The highest BCUT2D eigenvalue weighted by atomic mass is 35.5. The molecule has 1 N–H and O–H groups in total. The summed E-state index contributed by atoms with van der Waals surface area (Å²) in [5.74, 6) is 0.323. The topological polar surface area (TPSA) is 42.0 Å². The molecule has 2 heterocycles. The van der Waals surface area contributed by atoms with Gasteiger partial charge < -0.3 is 5.32 Å². The summed E-state index contributed by atoms with van der Waals surface area (Å²) >= 11 is 9.10. The minimum atomic E-state index is 0.121. The van der Waals surface area contributed by atoms with Gasteiger partial charge in [-0.15, -0.1) is 22.7 Å². The van der Waals surface area contributed by atoms with Crippen LogP contribution in [0, 0.1) is 5.92 Å². The monoisotopic (exact) mass is 360 g/mol. The Bertz CT molecular complexity index is 867. The second-order valence-electron chi connectivity index (χ2n) is 5.49. The molecule has 3 nitrogen and oxygen atoms in total. The molecule has 23 heavy (non-hydrogen) atoms. The Morgan fingerprint density at radius 2 is 2.13 bits per heavy atom. The van der Waals surface area contributed by atoms with Gasteiger partial charge in [0.15, 0.2) is 0 Å². The Kier molecular flexibility index (Phi) is 3.93. The first kappa shape index (κ1) is 14.9. The Morgan fingerprint density at radius 1 is 1.26 bits per heavy atom. The lowest BCUT2D eigenvalue weighted by Crippen LogP contribution is -2.13. The van der Waals surface area contributed by atoms with Crippen molar-refractivity contribution in [1.29, 1.82) is 0 Å². The minimum Gasteiger partial charge on any atom is -0.326 e. The molecule has 1 aliphatic rings. The van der Waals surface area contributed by atoms with Crippen molar-refractivity contribution >= 4 is 45.9 Å². The lowest BCUT2D eigenvalue weighted by Gasteiger charge is -2.05. The van der Waals surface area contributed by atoms with Gasteiger partial charge in [0.25, 0.3) is 0 Å². The van der Waals surface area contributed by atoms with Crippen LogP contribution in [0.4, 0.5) is 5.69 Å². The van der Waals surface area contributed by atoms with E-state index in [1.54, 1.807) is 11.3 Å². The third-order valence-corrected chi connectivity index (χ3v) is 5.80. The molecule has 1 saturated carbocycles.